The van der Waals surface area contributed by atoms with Crippen LogP contribution in [0.1, 0.15) is 12.8 Å². The molecule has 0 aromatic heterocycles. The predicted octanol–water partition coefficient (Wildman–Crippen LogP) is 3.72. The molecule has 1 fully saturated rings. The van der Waals surface area contributed by atoms with Crippen LogP contribution in [0.15, 0.2) is 51.1 Å². The second-order valence-electron chi connectivity index (χ2n) is 9.50. The second-order valence-corrected chi connectivity index (χ2v) is 12.4. The van der Waals surface area contributed by atoms with Gasteiger partial charge < -0.3 is 20.4 Å². The third-order valence-electron chi connectivity index (χ3n) is 6.60. The molecular weight excluding hydrogens is 689 g/mol. The van der Waals surface area contributed by atoms with E-state index in [1.165, 1.54) is 6.07 Å². The van der Waals surface area contributed by atoms with Crippen LogP contribution in [-0.4, -0.2) is 73.0 Å². The summed E-state index contributed by atoms with van der Waals surface area (Å²) in [4.78, 5) is 15.0. The molecule has 0 aliphatic carbocycles. The summed E-state index contributed by atoms with van der Waals surface area (Å²) in [5.74, 6) is -2.58. The number of alkyl halides is 3. The number of carboxylic acid groups (broad SMARTS) is 1. The zero-order valence-corrected chi connectivity index (χ0v) is 25.5. The van der Waals surface area contributed by atoms with E-state index in [2.05, 4.69) is 14.4 Å². The minimum atomic E-state index is -5.19. The van der Waals surface area contributed by atoms with Crippen LogP contribution >= 0.6 is 24.1 Å². The molecule has 0 spiro atoms. The van der Waals surface area contributed by atoms with Gasteiger partial charge in [0.15, 0.2) is 0 Å². The molecular formula is C25H24F3N2O13S3-. The van der Waals surface area contributed by atoms with Crippen molar-refractivity contribution in [2.45, 2.75) is 39.7 Å². The van der Waals surface area contributed by atoms with Gasteiger partial charge in [-0.2, -0.15) is 26.7 Å². The minimum absolute atomic E-state index is 0.0654. The number of benzene rings is 4. The number of nitrogens with zero attached hydrogens (tertiary/aromatic N) is 1. The number of nitrogens with two attached hydrogens (primary N) is 1. The van der Waals surface area contributed by atoms with Gasteiger partial charge in [0.25, 0.3) is 10.1 Å². The van der Waals surface area contributed by atoms with E-state index in [0.29, 0.717) is 56.2 Å². The summed E-state index contributed by atoms with van der Waals surface area (Å²) in [7, 11) is -4.66. The SMILES string of the molecule is NC1CCCN(OCCOc2cc(SOOO)c3ccc4c(SOOO)cc(S(=O)(=O)O)c5ccc2c3c45)C1.O=C([O-])C(F)(F)F. The number of hydroxylamine groups is 2. The van der Waals surface area contributed by atoms with Gasteiger partial charge in [-0.15, -0.1) is 8.67 Å². The Morgan fingerprint density at radius 3 is 2.07 bits per heavy atom. The first-order valence-electron chi connectivity index (χ1n) is 12.9. The molecule has 4 aromatic carbocycles. The first-order valence-corrected chi connectivity index (χ1v) is 15.8. The maximum atomic E-state index is 12.3. The summed E-state index contributed by atoms with van der Waals surface area (Å²) in [5.41, 5.74) is 6.01. The average Bonchev–Trinajstić information content (AvgIpc) is 2.99. The van der Waals surface area contributed by atoms with E-state index in [1.807, 2.05) is 5.06 Å². The average molecular weight is 714 g/mol. The fraction of sp³-hybridized carbons (Fsp3) is 0.320. The Kier molecular flexibility index (Phi) is 12.1. The van der Waals surface area contributed by atoms with E-state index >= 15 is 0 Å². The molecule has 252 valence electrons. The van der Waals surface area contributed by atoms with Crippen molar-refractivity contribution in [3.63, 3.8) is 0 Å². The van der Waals surface area contributed by atoms with Gasteiger partial charge in [-0.25, -0.2) is 10.5 Å². The van der Waals surface area contributed by atoms with E-state index in [1.54, 1.807) is 30.3 Å². The summed E-state index contributed by atoms with van der Waals surface area (Å²) in [5, 5.41) is 38.6. The summed E-state index contributed by atoms with van der Waals surface area (Å²) in [6, 6.07) is 9.72. The molecule has 1 heterocycles. The van der Waals surface area contributed by atoms with Crippen LogP contribution in [0.5, 0.6) is 5.75 Å². The number of rotatable bonds is 12. The predicted molar refractivity (Wildman–Crippen MR) is 153 cm³/mol. The van der Waals surface area contributed by atoms with Gasteiger partial charge >= 0.3 is 6.18 Å². The van der Waals surface area contributed by atoms with Gasteiger partial charge in [0.2, 0.25) is 0 Å². The van der Waals surface area contributed by atoms with Gasteiger partial charge in [0, 0.05) is 45.6 Å². The maximum Gasteiger partial charge on any atom is 0.430 e. The minimum Gasteiger partial charge on any atom is -0.542 e. The highest BCUT2D eigenvalue weighted by atomic mass is 32.2. The highest BCUT2D eigenvalue weighted by molar-refractivity contribution is 7.95. The number of ether oxygens (including phenoxy) is 1. The van der Waals surface area contributed by atoms with Crippen LogP contribution in [0.2, 0.25) is 0 Å². The van der Waals surface area contributed by atoms with Gasteiger partial charge in [0.1, 0.15) is 29.8 Å². The number of carboxylic acids is 1. The Balaban J connectivity index is 0.000000617. The number of aliphatic carboxylic acids is 1. The van der Waals surface area contributed by atoms with Crippen LogP contribution in [0, 0.1) is 0 Å². The zero-order valence-electron chi connectivity index (χ0n) is 23.1. The molecule has 4 aromatic rings. The van der Waals surface area contributed by atoms with Crippen LogP contribution in [0.25, 0.3) is 32.3 Å². The topological polar surface area (TPSA) is 220 Å². The third-order valence-corrected chi connectivity index (χ3v) is 8.79. The van der Waals surface area contributed by atoms with Crippen molar-refractivity contribution in [1.82, 2.24) is 5.06 Å². The standard InChI is InChI=1S/C23H24N2O11S3.C2HF3O2/c24-13-2-1-7-25(12-13)32-9-8-31-18-10-19(37-35-33-26)15-4-5-16-20(38-36-34-27)11-21(39(28,29)30)17-6-3-14(18)22(15)23(16)17;3-2(4,5)1(6)7/h3-6,10-11,13,26-27H,1-2,7-9,12,24H2,(H,28,29,30);(H,6,7)/p-1. The molecule has 1 aliphatic rings. The maximum absolute atomic E-state index is 12.3. The number of halogens is 3. The normalized spacial score (nSPS) is 16.2. The molecule has 0 radical (unpaired) electrons. The molecule has 1 saturated heterocycles. The number of piperidine rings is 1. The Labute approximate surface area is 266 Å². The largest absolute Gasteiger partial charge is 0.542 e. The second kappa shape index (κ2) is 15.4. The molecule has 0 amide bonds. The van der Waals surface area contributed by atoms with Crippen molar-refractivity contribution in [2.24, 2.45) is 5.73 Å². The molecule has 1 aliphatic heterocycles. The van der Waals surface area contributed by atoms with Gasteiger partial charge in [-0.3, -0.25) is 9.39 Å². The first-order chi connectivity index (χ1) is 21.8. The lowest BCUT2D eigenvalue weighted by atomic mass is 9.93. The summed E-state index contributed by atoms with van der Waals surface area (Å²) < 4.78 is 81.5. The lowest BCUT2D eigenvalue weighted by Crippen LogP contribution is -2.43. The molecule has 5 N–H and O–H groups in total. The first kappa shape index (κ1) is 36.1. The Bertz CT molecular complexity index is 1780. The zero-order chi connectivity index (χ0) is 33.6. The lowest BCUT2D eigenvalue weighted by molar-refractivity contribution is -0.432. The van der Waals surface area contributed by atoms with Crippen molar-refractivity contribution in [3.05, 3.63) is 36.4 Å². The fourth-order valence-corrected chi connectivity index (χ4v) is 6.69. The van der Waals surface area contributed by atoms with Crippen LogP contribution in [-0.2, 0) is 38.5 Å². The van der Waals surface area contributed by atoms with Crippen molar-refractivity contribution >= 4 is 72.5 Å². The summed E-state index contributed by atoms with van der Waals surface area (Å²) in [6.07, 6.45) is -3.29. The monoisotopic (exact) mass is 713 g/mol. The quantitative estimate of drug-likeness (QED) is 0.0410. The van der Waals surface area contributed by atoms with Crippen molar-refractivity contribution in [2.75, 3.05) is 26.3 Å². The molecule has 1 atom stereocenters. The van der Waals surface area contributed by atoms with Crippen molar-refractivity contribution in [3.8, 4) is 5.75 Å². The number of hydrogen-bond acceptors (Lipinski definition) is 16. The Morgan fingerprint density at radius 2 is 1.52 bits per heavy atom. The van der Waals surface area contributed by atoms with Crippen LogP contribution in [0.3, 0.4) is 0 Å². The number of carbonyl (C=O) groups is 1. The van der Waals surface area contributed by atoms with E-state index < -0.39 is 22.3 Å². The lowest BCUT2D eigenvalue weighted by Gasteiger charge is -2.29. The van der Waals surface area contributed by atoms with E-state index in [9.17, 15) is 26.1 Å². The summed E-state index contributed by atoms with van der Waals surface area (Å²) >= 11 is 1.28. The van der Waals surface area contributed by atoms with Gasteiger partial charge in [-0.05, 0) is 41.8 Å². The summed E-state index contributed by atoms with van der Waals surface area (Å²) in [6.45, 7) is 1.88. The molecule has 0 saturated carbocycles. The smallest absolute Gasteiger partial charge is 0.430 e. The van der Waals surface area contributed by atoms with Crippen molar-refractivity contribution < 1.29 is 74.9 Å². The van der Waals surface area contributed by atoms with E-state index in [0.717, 1.165) is 31.4 Å². The van der Waals surface area contributed by atoms with E-state index in [4.69, 9.17) is 40.1 Å². The molecule has 0 bridgehead atoms. The molecule has 21 heteroatoms. The highest BCUT2D eigenvalue weighted by Gasteiger charge is 2.29. The van der Waals surface area contributed by atoms with Gasteiger partial charge in [0.05, 0.1) is 29.0 Å². The van der Waals surface area contributed by atoms with Crippen LogP contribution in [0.4, 0.5) is 13.2 Å². The van der Waals surface area contributed by atoms with E-state index in [-0.39, 0.29) is 34.4 Å². The fourth-order valence-electron chi connectivity index (χ4n) is 4.85. The number of hydrogen-bond donors (Lipinski definition) is 4. The van der Waals surface area contributed by atoms with Gasteiger partial charge in [-0.1, -0.05) is 28.3 Å². The number of carbonyl (C=O) groups excluding carboxylic acids is 1. The Hall–Kier alpha value is -2.77. The van der Waals surface area contributed by atoms with Crippen LogP contribution < -0.4 is 15.6 Å². The molecule has 5 rings (SSSR count). The highest BCUT2D eigenvalue weighted by Crippen LogP contribution is 2.47. The molecule has 15 nitrogen and oxygen atoms in total. The molecule has 1 unspecified atom stereocenters. The van der Waals surface area contributed by atoms with Crippen molar-refractivity contribution in [1.29, 1.82) is 0 Å². The molecule has 46 heavy (non-hydrogen) atoms. The Morgan fingerprint density at radius 1 is 0.978 bits per heavy atom. The third kappa shape index (κ3) is 8.57.